The first-order chi connectivity index (χ1) is 9.69. The van der Waals surface area contributed by atoms with E-state index in [0.29, 0.717) is 17.9 Å². The number of carbonyl (C=O) groups excluding carboxylic acids is 1. The quantitative estimate of drug-likeness (QED) is 0.787. The topological polar surface area (TPSA) is 35.5 Å². The van der Waals surface area contributed by atoms with E-state index in [2.05, 4.69) is 4.74 Å². The van der Waals surface area contributed by atoms with E-state index < -0.39 is 0 Å². The van der Waals surface area contributed by atoms with Gasteiger partial charge in [-0.1, -0.05) is 29.8 Å². The van der Waals surface area contributed by atoms with Crippen molar-refractivity contribution in [2.45, 2.75) is 6.42 Å². The second-order valence-corrected chi connectivity index (χ2v) is 4.68. The van der Waals surface area contributed by atoms with Crippen molar-refractivity contribution in [2.24, 2.45) is 0 Å². The van der Waals surface area contributed by atoms with Crippen LogP contribution in [0.2, 0.25) is 5.02 Å². The largest absolute Gasteiger partial charge is 0.493 e. The van der Waals surface area contributed by atoms with Gasteiger partial charge in [-0.15, -0.1) is 0 Å². The zero-order valence-corrected chi connectivity index (χ0v) is 11.9. The van der Waals surface area contributed by atoms with Gasteiger partial charge in [0, 0.05) is 11.4 Å². The summed E-state index contributed by atoms with van der Waals surface area (Å²) >= 11 is 5.83. The number of carbonyl (C=O) groups is 1. The molecule has 0 radical (unpaired) electrons. The fourth-order valence-corrected chi connectivity index (χ4v) is 1.89. The van der Waals surface area contributed by atoms with Gasteiger partial charge in [-0.3, -0.25) is 0 Å². The fourth-order valence-electron chi connectivity index (χ4n) is 1.77. The van der Waals surface area contributed by atoms with Crippen LogP contribution in [0, 0.1) is 0 Å². The summed E-state index contributed by atoms with van der Waals surface area (Å²) in [4.78, 5) is 11.4. The first-order valence-corrected chi connectivity index (χ1v) is 6.62. The summed E-state index contributed by atoms with van der Waals surface area (Å²) in [6, 6.07) is 14.6. The predicted octanol–water partition coefficient (Wildman–Crippen LogP) is 3.75. The van der Waals surface area contributed by atoms with Crippen LogP contribution in [0.15, 0.2) is 48.5 Å². The number of rotatable bonds is 5. The van der Waals surface area contributed by atoms with Gasteiger partial charge in [-0.25, -0.2) is 4.79 Å². The zero-order chi connectivity index (χ0) is 14.4. The third kappa shape index (κ3) is 4.00. The van der Waals surface area contributed by atoms with Crippen LogP contribution in [0.1, 0.15) is 15.9 Å². The molecular formula is C16H15ClO3. The molecule has 0 heterocycles. The molecule has 20 heavy (non-hydrogen) atoms. The number of hydrogen-bond acceptors (Lipinski definition) is 3. The highest BCUT2D eigenvalue weighted by atomic mass is 35.5. The minimum absolute atomic E-state index is 0.367. The molecule has 0 atom stereocenters. The summed E-state index contributed by atoms with van der Waals surface area (Å²) in [6.45, 7) is 0.534. The molecule has 0 spiro atoms. The number of esters is 1. The highest BCUT2D eigenvalue weighted by molar-refractivity contribution is 6.30. The molecule has 2 aromatic carbocycles. The van der Waals surface area contributed by atoms with E-state index in [0.717, 1.165) is 17.0 Å². The van der Waals surface area contributed by atoms with E-state index >= 15 is 0 Å². The summed E-state index contributed by atoms with van der Waals surface area (Å²) < 4.78 is 10.3. The van der Waals surface area contributed by atoms with Crippen molar-refractivity contribution < 1.29 is 14.3 Å². The molecule has 3 nitrogen and oxygen atoms in total. The first-order valence-electron chi connectivity index (χ1n) is 6.24. The van der Waals surface area contributed by atoms with Crippen molar-refractivity contribution in [1.29, 1.82) is 0 Å². The second-order valence-electron chi connectivity index (χ2n) is 4.24. The van der Waals surface area contributed by atoms with Crippen LogP contribution in [0.4, 0.5) is 0 Å². The monoisotopic (exact) mass is 290 g/mol. The van der Waals surface area contributed by atoms with Crippen LogP contribution in [-0.2, 0) is 11.2 Å². The molecule has 0 amide bonds. The number of halogens is 1. The van der Waals surface area contributed by atoms with Crippen molar-refractivity contribution in [3.8, 4) is 5.75 Å². The maximum absolute atomic E-state index is 11.4. The smallest absolute Gasteiger partial charge is 0.337 e. The summed E-state index contributed by atoms with van der Waals surface area (Å²) in [5.74, 6) is 0.287. The van der Waals surface area contributed by atoms with E-state index in [4.69, 9.17) is 16.3 Å². The predicted molar refractivity (Wildman–Crippen MR) is 78.4 cm³/mol. The lowest BCUT2D eigenvalue weighted by Crippen LogP contribution is -2.04. The molecule has 0 aliphatic carbocycles. The first kappa shape index (κ1) is 14.4. The summed E-state index contributed by atoms with van der Waals surface area (Å²) in [5, 5.41) is 0.723. The Kier molecular flexibility index (Phi) is 5.02. The molecule has 0 bridgehead atoms. The van der Waals surface area contributed by atoms with Crippen molar-refractivity contribution in [3.05, 3.63) is 64.7 Å². The van der Waals surface area contributed by atoms with Crippen LogP contribution in [0.3, 0.4) is 0 Å². The van der Waals surface area contributed by atoms with Crippen molar-refractivity contribution in [2.75, 3.05) is 13.7 Å². The Morgan fingerprint density at radius 3 is 2.60 bits per heavy atom. The maximum atomic E-state index is 11.4. The highest BCUT2D eigenvalue weighted by Gasteiger charge is 2.06. The van der Waals surface area contributed by atoms with Gasteiger partial charge in [-0.05, 0) is 35.9 Å². The summed E-state index contributed by atoms with van der Waals surface area (Å²) in [5.41, 5.74) is 1.63. The Morgan fingerprint density at radius 2 is 1.90 bits per heavy atom. The SMILES string of the molecule is COC(=O)c1cccc(OCCc2ccc(Cl)cc2)c1. The molecule has 104 valence electrons. The number of methoxy groups -OCH3 is 1. The number of ether oxygens (including phenoxy) is 2. The molecule has 0 fully saturated rings. The Bertz CT molecular complexity index is 579. The van der Waals surface area contributed by atoms with Gasteiger partial charge in [0.2, 0.25) is 0 Å². The molecule has 0 N–H and O–H groups in total. The van der Waals surface area contributed by atoms with Crippen LogP contribution in [0.5, 0.6) is 5.75 Å². The molecule has 0 aliphatic heterocycles. The number of hydrogen-bond donors (Lipinski definition) is 0. The van der Waals surface area contributed by atoms with Gasteiger partial charge in [0.25, 0.3) is 0 Å². The molecule has 4 heteroatoms. The standard InChI is InChI=1S/C16H15ClO3/c1-19-16(18)13-3-2-4-15(11-13)20-10-9-12-5-7-14(17)8-6-12/h2-8,11H,9-10H2,1H3. The molecule has 2 rings (SSSR count). The molecular weight excluding hydrogens is 276 g/mol. The number of benzene rings is 2. The average Bonchev–Trinajstić information content (AvgIpc) is 2.49. The normalized spacial score (nSPS) is 10.1. The Labute approximate surface area is 123 Å². The second kappa shape index (κ2) is 6.96. The molecule has 0 aromatic heterocycles. The maximum Gasteiger partial charge on any atom is 0.337 e. The Morgan fingerprint density at radius 1 is 1.15 bits per heavy atom. The van der Waals surface area contributed by atoms with Gasteiger partial charge in [0.05, 0.1) is 19.3 Å². The van der Waals surface area contributed by atoms with E-state index in [1.54, 1.807) is 18.2 Å². The third-order valence-corrected chi connectivity index (χ3v) is 3.08. The lowest BCUT2D eigenvalue weighted by molar-refractivity contribution is 0.0600. The summed E-state index contributed by atoms with van der Waals surface area (Å²) in [6.07, 6.45) is 0.777. The van der Waals surface area contributed by atoms with Crippen LogP contribution < -0.4 is 4.74 Å². The van der Waals surface area contributed by atoms with Gasteiger partial charge >= 0.3 is 5.97 Å². The molecule has 0 unspecified atom stereocenters. The van der Waals surface area contributed by atoms with Gasteiger partial charge < -0.3 is 9.47 Å². The lowest BCUT2D eigenvalue weighted by Gasteiger charge is -2.07. The van der Waals surface area contributed by atoms with Crippen molar-refractivity contribution in [3.63, 3.8) is 0 Å². The van der Waals surface area contributed by atoms with Crippen LogP contribution >= 0.6 is 11.6 Å². The lowest BCUT2D eigenvalue weighted by atomic mass is 10.2. The molecule has 0 saturated heterocycles. The third-order valence-electron chi connectivity index (χ3n) is 2.83. The van der Waals surface area contributed by atoms with Crippen molar-refractivity contribution in [1.82, 2.24) is 0 Å². The fraction of sp³-hybridized carbons (Fsp3) is 0.188. The van der Waals surface area contributed by atoms with E-state index in [9.17, 15) is 4.79 Å². The summed E-state index contributed by atoms with van der Waals surface area (Å²) in [7, 11) is 1.36. The van der Waals surface area contributed by atoms with Gasteiger partial charge in [-0.2, -0.15) is 0 Å². The van der Waals surface area contributed by atoms with Gasteiger partial charge in [0.1, 0.15) is 5.75 Å². The molecule has 2 aromatic rings. The minimum Gasteiger partial charge on any atom is -0.493 e. The minimum atomic E-state index is -0.367. The zero-order valence-electron chi connectivity index (χ0n) is 11.1. The van der Waals surface area contributed by atoms with Crippen LogP contribution in [0.25, 0.3) is 0 Å². The highest BCUT2D eigenvalue weighted by Crippen LogP contribution is 2.15. The van der Waals surface area contributed by atoms with E-state index in [1.165, 1.54) is 7.11 Å². The average molecular weight is 291 g/mol. The Balaban J connectivity index is 1.91. The molecule has 0 saturated carbocycles. The molecule has 0 aliphatic rings. The van der Waals surface area contributed by atoms with Gasteiger partial charge in [0.15, 0.2) is 0 Å². The van der Waals surface area contributed by atoms with Crippen LogP contribution in [-0.4, -0.2) is 19.7 Å². The van der Waals surface area contributed by atoms with Crippen molar-refractivity contribution >= 4 is 17.6 Å². The van der Waals surface area contributed by atoms with E-state index in [-0.39, 0.29) is 5.97 Å². The van der Waals surface area contributed by atoms with E-state index in [1.807, 2.05) is 30.3 Å². The Hall–Kier alpha value is -2.00.